The summed E-state index contributed by atoms with van der Waals surface area (Å²) in [5, 5.41) is 0.375. The second-order valence-electron chi connectivity index (χ2n) is 2.05. The molecule has 2 N–H and O–H groups in total. The molecule has 44 valence electrons. The van der Waals surface area contributed by atoms with Crippen LogP contribution in [0.3, 0.4) is 0 Å². The van der Waals surface area contributed by atoms with E-state index in [1.54, 1.807) is 0 Å². The van der Waals surface area contributed by atoms with Crippen molar-refractivity contribution in [2.24, 2.45) is 11.7 Å². The number of thiol groups is 1. The summed E-state index contributed by atoms with van der Waals surface area (Å²) in [7, 11) is 0. The van der Waals surface area contributed by atoms with Crippen LogP contribution in [0.1, 0.15) is 13.8 Å². The fourth-order valence-electron chi connectivity index (χ4n) is 0.272. The van der Waals surface area contributed by atoms with Gasteiger partial charge >= 0.3 is 0 Å². The van der Waals surface area contributed by atoms with E-state index in [1.165, 1.54) is 0 Å². The first kappa shape index (κ1) is 7.31. The van der Waals surface area contributed by atoms with E-state index < -0.39 is 0 Å². The lowest BCUT2D eigenvalue weighted by atomic mass is 10.1. The minimum Gasteiger partial charge on any atom is -0.329 e. The van der Waals surface area contributed by atoms with Crippen molar-refractivity contribution < 1.29 is 0 Å². The lowest BCUT2D eigenvalue weighted by Gasteiger charge is -2.09. The molecule has 0 aromatic rings. The summed E-state index contributed by atoms with van der Waals surface area (Å²) in [5.74, 6) is 0.605. The maximum atomic E-state index is 5.30. The standard InChI is InChI=1S/C5H13NS/c1-4(2)5(7)3-6/h4-5,7H,3,6H2,1-2H3/t5-/m0/s1. The van der Waals surface area contributed by atoms with E-state index in [0.717, 1.165) is 0 Å². The monoisotopic (exact) mass is 119 g/mol. The van der Waals surface area contributed by atoms with Gasteiger partial charge in [0.1, 0.15) is 0 Å². The van der Waals surface area contributed by atoms with Crippen LogP contribution in [0.4, 0.5) is 0 Å². The van der Waals surface area contributed by atoms with Crippen molar-refractivity contribution in [3.05, 3.63) is 0 Å². The average Bonchev–Trinajstić information content (AvgIpc) is 1.65. The quantitative estimate of drug-likeness (QED) is 0.519. The predicted molar refractivity (Wildman–Crippen MR) is 36.7 cm³/mol. The van der Waals surface area contributed by atoms with Crippen molar-refractivity contribution in [1.82, 2.24) is 0 Å². The maximum absolute atomic E-state index is 5.30. The zero-order valence-electron chi connectivity index (χ0n) is 4.89. The minimum absolute atomic E-state index is 0.375. The molecular formula is C5H13NS. The molecule has 0 aliphatic carbocycles. The van der Waals surface area contributed by atoms with Crippen LogP contribution in [0.15, 0.2) is 0 Å². The first-order chi connectivity index (χ1) is 3.18. The third kappa shape index (κ3) is 2.94. The third-order valence-corrected chi connectivity index (χ3v) is 1.82. The molecule has 2 heteroatoms. The van der Waals surface area contributed by atoms with Crippen molar-refractivity contribution in [3.63, 3.8) is 0 Å². The number of hydrogen-bond donors (Lipinski definition) is 2. The van der Waals surface area contributed by atoms with Gasteiger partial charge in [-0.3, -0.25) is 0 Å². The Hall–Kier alpha value is 0.310. The Kier molecular flexibility index (Phi) is 3.48. The van der Waals surface area contributed by atoms with Crippen LogP contribution in [0, 0.1) is 5.92 Å². The van der Waals surface area contributed by atoms with Crippen LogP contribution in [-0.4, -0.2) is 11.8 Å². The first-order valence-corrected chi connectivity index (χ1v) is 3.08. The van der Waals surface area contributed by atoms with Gasteiger partial charge in [0.05, 0.1) is 0 Å². The molecule has 0 aromatic heterocycles. The van der Waals surface area contributed by atoms with Crippen LogP contribution in [0.2, 0.25) is 0 Å². The van der Waals surface area contributed by atoms with Crippen LogP contribution in [0.5, 0.6) is 0 Å². The molecule has 0 bridgehead atoms. The number of nitrogens with two attached hydrogens (primary N) is 1. The van der Waals surface area contributed by atoms with Crippen molar-refractivity contribution in [2.45, 2.75) is 19.1 Å². The Labute approximate surface area is 50.7 Å². The molecule has 0 saturated carbocycles. The van der Waals surface area contributed by atoms with Crippen molar-refractivity contribution >= 4 is 12.6 Å². The number of hydrogen-bond acceptors (Lipinski definition) is 2. The van der Waals surface area contributed by atoms with E-state index >= 15 is 0 Å². The van der Waals surface area contributed by atoms with Crippen LogP contribution in [0.25, 0.3) is 0 Å². The molecule has 0 heterocycles. The molecule has 0 aliphatic heterocycles. The van der Waals surface area contributed by atoms with Gasteiger partial charge in [-0.15, -0.1) is 0 Å². The van der Waals surface area contributed by atoms with Crippen LogP contribution >= 0.6 is 12.6 Å². The normalized spacial score (nSPS) is 15.0. The highest BCUT2D eigenvalue weighted by Gasteiger charge is 2.02. The lowest BCUT2D eigenvalue weighted by molar-refractivity contribution is 0.616. The van der Waals surface area contributed by atoms with Gasteiger partial charge in [0.2, 0.25) is 0 Å². The van der Waals surface area contributed by atoms with Gasteiger partial charge in [0.15, 0.2) is 0 Å². The third-order valence-electron chi connectivity index (χ3n) is 1.01. The average molecular weight is 119 g/mol. The van der Waals surface area contributed by atoms with E-state index in [-0.39, 0.29) is 0 Å². The van der Waals surface area contributed by atoms with Crippen molar-refractivity contribution in [3.8, 4) is 0 Å². The van der Waals surface area contributed by atoms with E-state index in [4.69, 9.17) is 5.73 Å². The molecule has 0 aromatic carbocycles. The molecule has 0 fully saturated rings. The smallest absolute Gasteiger partial charge is 0.0163 e. The summed E-state index contributed by atoms with van der Waals surface area (Å²) in [4.78, 5) is 0. The van der Waals surface area contributed by atoms with E-state index in [2.05, 4.69) is 26.5 Å². The highest BCUT2D eigenvalue weighted by atomic mass is 32.1. The zero-order valence-corrected chi connectivity index (χ0v) is 5.78. The molecule has 1 atom stereocenters. The van der Waals surface area contributed by atoms with Gasteiger partial charge in [-0.2, -0.15) is 12.6 Å². The minimum atomic E-state index is 0.375. The van der Waals surface area contributed by atoms with E-state index in [9.17, 15) is 0 Å². The summed E-state index contributed by atoms with van der Waals surface area (Å²) in [6, 6.07) is 0. The van der Waals surface area contributed by atoms with Crippen LogP contribution in [-0.2, 0) is 0 Å². The fourth-order valence-corrected chi connectivity index (χ4v) is 0.272. The van der Waals surface area contributed by atoms with E-state index in [0.29, 0.717) is 17.7 Å². The largest absolute Gasteiger partial charge is 0.329 e. The predicted octanol–water partition coefficient (Wildman–Crippen LogP) is 0.900. The molecule has 0 radical (unpaired) electrons. The molecule has 0 amide bonds. The molecule has 1 nitrogen and oxygen atoms in total. The summed E-state index contributed by atoms with van der Waals surface area (Å²) in [6.07, 6.45) is 0. The van der Waals surface area contributed by atoms with Gasteiger partial charge in [0, 0.05) is 11.8 Å². The summed E-state index contributed by atoms with van der Waals surface area (Å²) in [5.41, 5.74) is 5.30. The second kappa shape index (κ2) is 3.33. The fraction of sp³-hybridized carbons (Fsp3) is 1.00. The Morgan fingerprint density at radius 2 is 2.00 bits per heavy atom. The zero-order chi connectivity index (χ0) is 5.86. The Morgan fingerprint density at radius 3 is 2.00 bits per heavy atom. The molecule has 0 rings (SSSR count). The Morgan fingerprint density at radius 1 is 1.57 bits per heavy atom. The molecule has 0 unspecified atom stereocenters. The highest BCUT2D eigenvalue weighted by molar-refractivity contribution is 7.81. The van der Waals surface area contributed by atoms with Crippen molar-refractivity contribution in [2.75, 3.05) is 6.54 Å². The second-order valence-corrected chi connectivity index (χ2v) is 2.71. The molecule has 7 heavy (non-hydrogen) atoms. The van der Waals surface area contributed by atoms with E-state index in [1.807, 2.05) is 0 Å². The van der Waals surface area contributed by atoms with Gasteiger partial charge < -0.3 is 5.73 Å². The molecular weight excluding hydrogens is 106 g/mol. The van der Waals surface area contributed by atoms with Gasteiger partial charge in [-0.1, -0.05) is 13.8 Å². The topological polar surface area (TPSA) is 26.0 Å². The molecule has 0 saturated heterocycles. The van der Waals surface area contributed by atoms with Gasteiger partial charge in [-0.05, 0) is 5.92 Å². The summed E-state index contributed by atoms with van der Waals surface area (Å²) in [6.45, 7) is 4.91. The summed E-state index contributed by atoms with van der Waals surface area (Å²) >= 11 is 4.20. The molecule has 0 spiro atoms. The highest BCUT2D eigenvalue weighted by Crippen LogP contribution is 2.05. The Bertz CT molecular complexity index is 45.3. The number of rotatable bonds is 2. The first-order valence-electron chi connectivity index (χ1n) is 2.56. The van der Waals surface area contributed by atoms with Gasteiger partial charge in [-0.25, -0.2) is 0 Å². The summed E-state index contributed by atoms with van der Waals surface area (Å²) < 4.78 is 0. The van der Waals surface area contributed by atoms with Crippen molar-refractivity contribution in [1.29, 1.82) is 0 Å². The maximum Gasteiger partial charge on any atom is 0.0163 e. The SMILES string of the molecule is CC(C)[C@@H](S)CN. The molecule has 0 aliphatic rings. The van der Waals surface area contributed by atoms with Crippen LogP contribution < -0.4 is 5.73 Å². The Balaban J connectivity index is 3.14. The lowest BCUT2D eigenvalue weighted by Crippen LogP contribution is -2.19. The van der Waals surface area contributed by atoms with Gasteiger partial charge in [0.25, 0.3) is 0 Å².